The van der Waals surface area contributed by atoms with Crippen molar-refractivity contribution in [2.24, 2.45) is 0 Å². The summed E-state index contributed by atoms with van der Waals surface area (Å²) in [6.45, 7) is -0.631. The molecule has 0 saturated carbocycles. The molecule has 1 aliphatic heterocycles. The van der Waals surface area contributed by atoms with Gasteiger partial charge in [0.1, 0.15) is 22.2 Å². The predicted octanol–water partition coefficient (Wildman–Crippen LogP) is 0.523. The van der Waals surface area contributed by atoms with E-state index < -0.39 is 48.3 Å². The molecule has 1 N–H and O–H groups in total. The van der Waals surface area contributed by atoms with Crippen LogP contribution in [0, 0.1) is 5.82 Å². The lowest BCUT2D eigenvalue weighted by Gasteiger charge is -2.38. The van der Waals surface area contributed by atoms with Crippen LogP contribution >= 0.6 is 0 Å². The molecule has 1 fully saturated rings. The quantitative estimate of drug-likeness (QED) is 0.704. The van der Waals surface area contributed by atoms with Crippen LogP contribution in [0.2, 0.25) is 0 Å². The molecule has 2 aromatic rings. The molecule has 146 valence electrons. The molecule has 0 aliphatic carbocycles. The van der Waals surface area contributed by atoms with Gasteiger partial charge in [-0.2, -0.15) is 0 Å². The summed E-state index contributed by atoms with van der Waals surface area (Å²) in [5, 5.41) is -0.727. The maximum atomic E-state index is 13.6. The number of amides is 1. The van der Waals surface area contributed by atoms with Crippen LogP contribution in [0.4, 0.5) is 4.39 Å². The van der Waals surface area contributed by atoms with E-state index >= 15 is 0 Å². The number of halogens is 1. The number of rotatable bonds is 7. The third-order valence-corrected chi connectivity index (χ3v) is 7.61. The normalized spacial score (nSPS) is 15.5. The number of carbonyl (C=O) groups excluding carboxylic acids is 1. The monoisotopic (exact) mass is 416 g/mol. The second-order valence-electron chi connectivity index (χ2n) is 6.06. The van der Waals surface area contributed by atoms with Gasteiger partial charge in [-0.25, -0.2) is 25.9 Å². The first-order valence-electron chi connectivity index (χ1n) is 7.95. The van der Waals surface area contributed by atoms with Crippen LogP contribution < -0.4 is 4.72 Å². The Morgan fingerprint density at radius 3 is 2.48 bits per heavy atom. The van der Waals surface area contributed by atoms with E-state index in [4.69, 9.17) is 4.42 Å². The molecular weight excluding hydrogens is 399 g/mol. The van der Waals surface area contributed by atoms with Gasteiger partial charge in [-0.1, -0.05) is 12.1 Å². The van der Waals surface area contributed by atoms with E-state index in [9.17, 15) is 26.0 Å². The highest BCUT2D eigenvalue weighted by Gasteiger charge is 2.40. The number of sulfone groups is 1. The van der Waals surface area contributed by atoms with E-state index in [0.717, 1.165) is 12.1 Å². The zero-order chi connectivity index (χ0) is 19.7. The molecule has 1 saturated heterocycles. The highest BCUT2D eigenvalue weighted by Crippen LogP contribution is 2.21. The number of benzene rings is 1. The smallest absolute Gasteiger partial charge is 0.243 e. The first-order chi connectivity index (χ1) is 12.7. The summed E-state index contributed by atoms with van der Waals surface area (Å²) in [4.78, 5) is 12.7. The Morgan fingerprint density at radius 2 is 1.85 bits per heavy atom. The van der Waals surface area contributed by atoms with E-state index in [2.05, 4.69) is 0 Å². The summed E-state index contributed by atoms with van der Waals surface area (Å²) in [5.74, 6) is -1.45. The fourth-order valence-electron chi connectivity index (χ4n) is 2.59. The largest absolute Gasteiger partial charge is 0.468 e. The van der Waals surface area contributed by atoms with Crippen molar-refractivity contribution in [2.45, 2.75) is 15.9 Å². The third-order valence-electron chi connectivity index (χ3n) is 4.17. The first kappa shape index (κ1) is 19.5. The van der Waals surface area contributed by atoms with E-state index in [1.54, 1.807) is 12.1 Å². The molecule has 1 aromatic heterocycles. The molecule has 3 rings (SSSR count). The summed E-state index contributed by atoms with van der Waals surface area (Å²) >= 11 is 0. The van der Waals surface area contributed by atoms with Gasteiger partial charge in [0.15, 0.2) is 9.84 Å². The second-order valence-corrected chi connectivity index (χ2v) is 10.1. The number of carbonyl (C=O) groups is 1. The Morgan fingerprint density at radius 1 is 1.15 bits per heavy atom. The number of hydrogen-bond donors (Lipinski definition) is 1. The summed E-state index contributed by atoms with van der Waals surface area (Å²) in [6, 6.07) is 7.94. The summed E-state index contributed by atoms with van der Waals surface area (Å²) in [7, 11) is -7.66. The van der Waals surface area contributed by atoms with Crippen molar-refractivity contribution in [2.75, 3.05) is 19.6 Å². The van der Waals surface area contributed by atoms with Gasteiger partial charge in [-0.05, 0) is 24.3 Å². The molecule has 1 amide bonds. The van der Waals surface area contributed by atoms with Crippen molar-refractivity contribution < 1.29 is 30.4 Å². The van der Waals surface area contributed by atoms with Gasteiger partial charge in [-0.3, -0.25) is 4.79 Å². The van der Waals surface area contributed by atoms with Crippen LogP contribution in [0.1, 0.15) is 5.76 Å². The lowest BCUT2D eigenvalue weighted by Crippen LogP contribution is -2.58. The number of sulfonamides is 1. The minimum atomic E-state index is -4.18. The van der Waals surface area contributed by atoms with Crippen molar-refractivity contribution in [3.63, 3.8) is 0 Å². The van der Waals surface area contributed by atoms with Gasteiger partial charge in [0.05, 0.1) is 18.1 Å². The molecule has 0 bridgehead atoms. The van der Waals surface area contributed by atoms with E-state index in [1.807, 2.05) is 4.72 Å². The zero-order valence-corrected chi connectivity index (χ0v) is 15.7. The highest BCUT2D eigenvalue weighted by atomic mass is 32.2. The molecule has 11 heteroatoms. The lowest BCUT2D eigenvalue weighted by molar-refractivity contribution is -0.133. The fraction of sp³-hybridized carbons (Fsp3) is 0.312. The van der Waals surface area contributed by atoms with Gasteiger partial charge in [-0.15, -0.1) is 0 Å². The molecule has 2 heterocycles. The number of likely N-dealkylation sites (tertiary alicyclic amines) is 1. The predicted molar refractivity (Wildman–Crippen MR) is 93.3 cm³/mol. The van der Waals surface area contributed by atoms with Crippen LogP contribution in [0.25, 0.3) is 0 Å². The van der Waals surface area contributed by atoms with Crippen molar-refractivity contribution in [1.29, 1.82) is 0 Å². The zero-order valence-electron chi connectivity index (χ0n) is 14.0. The molecule has 1 aromatic carbocycles. The number of furan rings is 1. The summed E-state index contributed by atoms with van der Waals surface area (Å²) in [6.07, 6.45) is 1.38. The number of hydrogen-bond acceptors (Lipinski definition) is 6. The van der Waals surface area contributed by atoms with Crippen LogP contribution in [0.5, 0.6) is 0 Å². The van der Waals surface area contributed by atoms with Crippen molar-refractivity contribution >= 4 is 25.8 Å². The van der Waals surface area contributed by atoms with Crippen LogP contribution in [-0.2, 0) is 30.4 Å². The topological polar surface area (TPSA) is 114 Å². The average molecular weight is 416 g/mol. The summed E-state index contributed by atoms with van der Waals surface area (Å²) < 4.78 is 69.2. The van der Waals surface area contributed by atoms with E-state index in [-0.39, 0.29) is 18.8 Å². The minimum absolute atomic E-state index is 0.0245. The van der Waals surface area contributed by atoms with Gasteiger partial charge < -0.3 is 9.32 Å². The second kappa shape index (κ2) is 7.41. The number of nitrogens with one attached hydrogen (secondary N) is 1. The lowest BCUT2D eigenvalue weighted by atomic mass is 10.2. The SMILES string of the molecule is O=C(CNS(=O)(=O)c1ccccc1F)N1CC(S(=O)(=O)Cc2ccco2)C1. The van der Waals surface area contributed by atoms with Crippen LogP contribution in [0.3, 0.4) is 0 Å². The van der Waals surface area contributed by atoms with E-state index in [0.29, 0.717) is 5.76 Å². The van der Waals surface area contributed by atoms with Crippen molar-refractivity contribution in [1.82, 2.24) is 9.62 Å². The Hall–Kier alpha value is -2.24. The van der Waals surface area contributed by atoms with Crippen molar-refractivity contribution in [3.8, 4) is 0 Å². The Balaban J connectivity index is 1.53. The maximum absolute atomic E-state index is 13.6. The van der Waals surface area contributed by atoms with Crippen molar-refractivity contribution in [3.05, 3.63) is 54.2 Å². The molecule has 0 atom stereocenters. The maximum Gasteiger partial charge on any atom is 0.243 e. The molecule has 1 aliphatic rings. The fourth-order valence-corrected chi connectivity index (χ4v) is 5.25. The standard InChI is InChI=1S/C16H17FN2O6S2/c17-14-5-1-2-6-15(14)27(23,24)18-8-16(20)19-9-13(10-19)26(21,22)11-12-4-3-7-25-12/h1-7,13,18H,8-11H2. The van der Waals surface area contributed by atoms with Gasteiger partial charge >= 0.3 is 0 Å². The first-order valence-corrected chi connectivity index (χ1v) is 11.1. The van der Waals surface area contributed by atoms with E-state index in [1.165, 1.54) is 23.3 Å². The van der Waals surface area contributed by atoms with Crippen LogP contribution in [0.15, 0.2) is 52.0 Å². The van der Waals surface area contributed by atoms with Gasteiger partial charge in [0.2, 0.25) is 15.9 Å². The Bertz CT molecular complexity index is 1030. The summed E-state index contributed by atoms with van der Waals surface area (Å²) in [5.41, 5.74) is 0. The highest BCUT2D eigenvalue weighted by molar-refractivity contribution is 7.91. The van der Waals surface area contributed by atoms with Gasteiger partial charge in [0.25, 0.3) is 0 Å². The molecule has 0 unspecified atom stereocenters. The van der Waals surface area contributed by atoms with Gasteiger partial charge in [0, 0.05) is 13.1 Å². The third kappa shape index (κ3) is 4.37. The molecule has 8 nitrogen and oxygen atoms in total. The molecule has 27 heavy (non-hydrogen) atoms. The number of nitrogens with zero attached hydrogens (tertiary/aromatic N) is 1. The minimum Gasteiger partial charge on any atom is -0.468 e. The molecule has 0 radical (unpaired) electrons. The molecular formula is C16H17FN2O6S2. The Labute approximate surface area is 155 Å². The van der Waals surface area contributed by atoms with Crippen LogP contribution in [-0.4, -0.2) is 52.5 Å². The Kier molecular flexibility index (Phi) is 5.36. The average Bonchev–Trinajstić information content (AvgIpc) is 3.03. The molecule has 0 spiro atoms.